The van der Waals surface area contributed by atoms with Gasteiger partial charge in [-0.25, -0.2) is 0 Å². The molecule has 30 heavy (non-hydrogen) atoms. The Kier molecular flexibility index (Phi) is 6.58. The van der Waals surface area contributed by atoms with Crippen LogP contribution in [0.1, 0.15) is 50.5 Å². The molecule has 0 spiro atoms. The van der Waals surface area contributed by atoms with E-state index in [-0.39, 0.29) is 18.4 Å². The third-order valence-electron chi connectivity index (χ3n) is 5.98. The SMILES string of the molecule is O=C(CCC1CCCCC1)Nc1ccc2c(c1)N(Cc1ccccc1Cl)C(=O)CO2. The number of anilines is 2. The summed E-state index contributed by atoms with van der Waals surface area (Å²) in [5, 5.41) is 3.60. The van der Waals surface area contributed by atoms with Crippen LogP contribution in [0, 0.1) is 5.92 Å². The van der Waals surface area contributed by atoms with Crippen LogP contribution < -0.4 is 15.0 Å². The van der Waals surface area contributed by atoms with Crippen LogP contribution in [-0.4, -0.2) is 18.4 Å². The van der Waals surface area contributed by atoms with Gasteiger partial charge in [-0.2, -0.15) is 0 Å². The summed E-state index contributed by atoms with van der Waals surface area (Å²) in [5.74, 6) is 1.18. The van der Waals surface area contributed by atoms with Crippen LogP contribution in [0.5, 0.6) is 5.75 Å². The van der Waals surface area contributed by atoms with E-state index in [4.69, 9.17) is 16.3 Å². The largest absolute Gasteiger partial charge is 0.482 e. The second-order valence-corrected chi connectivity index (χ2v) is 8.54. The normalized spacial score (nSPS) is 16.7. The van der Waals surface area contributed by atoms with E-state index in [1.165, 1.54) is 32.1 Å². The van der Waals surface area contributed by atoms with Gasteiger partial charge in [-0.3, -0.25) is 9.59 Å². The van der Waals surface area contributed by atoms with Crippen molar-refractivity contribution in [1.82, 2.24) is 0 Å². The fourth-order valence-corrected chi connectivity index (χ4v) is 4.48. The molecule has 5 nitrogen and oxygen atoms in total. The highest BCUT2D eigenvalue weighted by Gasteiger charge is 2.27. The second-order valence-electron chi connectivity index (χ2n) is 8.13. The average Bonchev–Trinajstić information content (AvgIpc) is 2.76. The maximum atomic E-state index is 12.6. The first-order chi connectivity index (χ1) is 14.6. The number of carbonyl (C=O) groups is 2. The van der Waals surface area contributed by atoms with Crippen molar-refractivity contribution in [3.63, 3.8) is 0 Å². The van der Waals surface area contributed by atoms with E-state index in [2.05, 4.69) is 5.32 Å². The summed E-state index contributed by atoms with van der Waals surface area (Å²) < 4.78 is 5.58. The van der Waals surface area contributed by atoms with Gasteiger partial charge in [0.15, 0.2) is 6.61 Å². The predicted molar refractivity (Wildman–Crippen MR) is 119 cm³/mol. The third kappa shape index (κ3) is 4.96. The molecule has 0 bridgehead atoms. The van der Waals surface area contributed by atoms with Crippen molar-refractivity contribution in [2.75, 3.05) is 16.8 Å². The van der Waals surface area contributed by atoms with Gasteiger partial charge in [0.1, 0.15) is 5.75 Å². The van der Waals surface area contributed by atoms with Crippen LogP contribution in [0.4, 0.5) is 11.4 Å². The molecule has 2 aromatic rings. The molecular formula is C24H27ClN2O3. The molecule has 2 aromatic carbocycles. The van der Waals surface area contributed by atoms with Gasteiger partial charge < -0.3 is 15.0 Å². The highest BCUT2D eigenvalue weighted by molar-refractivity contribution is 6.31. The highest BCUT2D eigenvalue weighted by Crippen LogP contribution is 2.36. The number of rotatable bonds is 6. The fraction of sp³-hybridized carbons (Fsp3) is 0.417. The van der Waals surface area contributed by atoms with E-state index in [1.807, 2.05) is 36.4 Å². The van der Waals surface area contributed by atoms with E-state index >= 15 is 0 Å². The molecule has 2 amide bonds. The molecule has 6 heteroatoms. The van der Waals surface area contributed by atoms with Gasteiger partial charge in [-0.15, -0.1) is 0 Å². The molecule has 0 aromatic heterocycles. The number of halogens is 1. The monoisotopic (exact) mass is 426 g/mol. The zero-order valence-corrected chi connectivity index (χ0v) is 17.8. The molecule has 0 atom stereocenters. The maximum Gasteiger partial charge on any atom is 0.265 e. The lowest BCUT2D eigenvalue weighted by atomic mass is 9.86. The summed E-state index contributed by atoms with van der Waals surface area (Å²) in [4.78, 5) is 26.7. The molecule has 2 aliphatic rings. The van der Waals surface area contributed by atoms with E-state index in [0.29, 0.717) is 41.0 Å². The van der Waals surface area contributed by atoms with Crippen LogP contribution in [0.25, 0.3) is 0 Å². The first-order valence-corrected chi connectivity index (χ1v) is 11.1. The molecule has 0 saturated heterocycles. The first-order valence-electron chi connectivity index (χ1n) is 10.7. The number of hydrogen-bond donors (Lipinski definition) is 1. The number of ether oxygens (including phenoxy) is 1. The minimum Gasteiger partial charge on any atom is -0.482 e. The molecule has 158 valence electrons. The van der Waals surface area contributed by atoms with Crippen molar-refractivity contribution >= 4 is 34.8 Å². The molecule has 0 radical (unpaired) electrons. The molecule has 1 N–H and O–H groups in total. The lowest BCUT2D eigenvalue weighted by molar-refractivity contribution is -0.121. The molecule has 0 unspecified atom stereocenters. The van der Waals surface area contributed by atoms with E-state index in [1.54, 1.807) is 11.0 Å². The van der Waals surface area contributed by atoms with Gasteiger partial charge in [0, 0.05) is 17.1 Å². The van der Waals surface area contributed by atoms with Crippen LogP contribution in [-0.2, 0) is 16.1 Å². The quantitative estimate of drug-likeness (QED) is 0.657. The van der Waals surface area contributed by atoms with Gasteiger partial charge in [0.2, 0.25) is 5.91 Å². The molecular weight excluding hydrogens is 400 g/mol. The number of carbonyl (C=O) groups excluding carboxylic acids is 2. The minimum atomic E-state index is -0.136. The van der Waals surface area contributed by atoms with Gasteiger partial charge >= 0.3 is 0 Å². The van der Waals surface area contributed by atoms with Gasteiger partial charge in [0.25, 0.3) is 5.91 Å². The van der Waals surface area contributed by atoms with Crippen molar-refractivity contribution in [2.45, 2.75) is 51.5 Å². The summed E-state index contributed by atoms with van der Waals surface area (Å²) in [5.41, 5.74) is 2.18. The van der Waals surface area contributed by atoms with Crippen molar-refractivity contribution in [2.24, 2.45) is 5.92 Å². The Morgan fingerprint density at radius 3 is 2.73 bits per heavy atom. The maximum absolute atomic E-state index is 12.6. The van der Waals surface area contributed by atoms with Gasteiger partial charge in [-0.05, 0) is 42.2 Å². The highest BCUT2D eigenvalue weighted by atomic mass is 35.5. The van der Waals surface area contributed by atoms with E-state index in [0.717, 1.165) is 12.0 Å². The summed E-state index contributed by atoms with van der Waals surface area (Å²) in [7, 11) is 0. The molecule has 1 aliphatic heterocycles. The van der Waals surface area contributed by atoms with Crippen LogP contribution >= 0.6 is 11.6 Å². The first kappa shape index (κ1) is 20.7. The Labute approximate surface area is 182 Å². The van der Waals surface area contributed by atoms with Crippen molar-refractivity contribution in [3.8, 4) is 5.75 Å². The van der Waals surface area contributed by atoms with Crippen molar-refractivity contribution in [3.05, 3.63) is 53.1 Å². The van der Waals surface area contributed by atoms with Crippen LogP contribution in [0.3, 0.4) is 0 Å². The Hall–Kier alpha value is -2.53. The van der Waals surface area contributed by atoms with Crippen molar-refractivity contribution in [1.29, 1.82) is 0 Å². The van der Waals surface area contributed by atoms with Gasteiger partial charge in [-0.1, -0.05) is 61.9 Å². The summed E-state index contributed by atoms with van der Waals surface area (Å²) in [6.07, 6.45) is 7.84. The fourth-order valence-electron chi connectivity index (χ4n) is 4.28. The molecule has 1 aliphatic carbocycles. The Morgan fingerprint density at radius 2 is 1.93 bits per heavy atom. The number of nitrogens with one attached hydrogen (secondary N) is 1. The second kappa shape index (κ2) is 9.52. The van der Waals surface area contributed by atoms with Crippen LogP contribution in [0.15, 0.2) is 42.5 Å². The smallest absolute Gasteiger partial charge is 0.265 e. The third-order valence-corrected chi connectivity index (χ3v) is 6.35. The summed E-state index contributed by atoms with van der Waals surface area (Å²) in [6, 6.07) is 12.9. The molecule has 1 heterocycles. The molecule has 4 rings (SSSR count). The van der Waals surface area contributed by atoms with Gasteiger partial charge in [0.05, 0.1) is 12.2 Å². The average molecular weight is 427 g/mol. The number of hydrogen-bond acceptors (Lipinski definition) is 3. The van der Waals surface area contributed by atoms with Crippen molar-refractivity contribution < 1.29 is 14.3 Å². The number of benzene rings is 2. The zero-order chi connectivity index (χ0) is 20.9. The number of nitrogens with zero attached hydrogens (tertiary/aromatic N) is 1. The summed E-state index contributed by atoms with van der Waals surface area (Å²) >= 11 is 6.29. The molecule has 1 saturated carbocycles. The molecule has 1 fully saturated rings. The Balaban J connectivity index is 1.45. The minimum absolute atomic E-state index is 0.00938. The Morgan fingerprint density at radius 1 is 1.13 bits per heavy atom. The van der Waals surface area contributed by atoms with Crippen LogP contribution in [0.2, 0.25) is 5.02 Å². The Bertz CT molecular complexity index is 924. The number of fused-ring (bicyclic) bond motifs is 1. The predicted octanol–water partition coefficient (Wildman–Crippen LogP) is 5.56. The summed E-state index contributed by atoms with van der Waals surface area (Å²) in [6.45, 7) is 0.346. The topological polar surface area (TPSA) is 58.6 Å². The zero-order valence-electron chi connectivity index (χ0n) is 17.0. The van der Waals surface area contributed by atoms with E-state index in [9.17, 15) is 9.59 Å². The number of amides is 2. The lowest BCUT2D eigenvalue weighted by Gasteiger charge is -2.30. The lowest BCUT2D eigenvalue weighted by Crippen LogP contribution is -2.38. The van der Waals surface area contributed by atoms with E-state index < -0.39 is 0 Å². The standard InChI is InChI=1S/C24H27ClN2O3/c25-20-9-5-4-8-18(20)15-27-21-14-19(11-12-22(21)30-16-24(27)29)26-23(28)13-10-17-6-2-1-3-7-17/h4-5,8-9,11-12,14,17H,1-3,6-7,10,13,15-16H2,(H,26,28).